The van der Waals surface area contributed by atoms with E-state index >= 15 is 0 Å². The highest BCUT2D eigenvalue weighted by Crippen LogP contribution is 2.02. The third kappa shape index (κ3) is 2.85. The number of urea groups is 1. The lowest BCUT2D eigenvalue weighted by atomic mass is 10.2. The normalized spacial score (nSPS) is 9.21. The van der Waals surface area contributed by atoms with E-state index in [1.807, 2.05) is 35.8 Å². The SMILES string of the molecule is CN(Cc1ccccc1)C(=O)NN=O. The van der Waals surface area contributed by atoms with E-state index < -0.39 is 6.03 Å². The fourth-order valence-corrected chi connectivity index (χ4v) is 1.05. The van der Waals surface area contributed by atoms with Gasteiger partial charge in [-0.2, -0.15) is 5.43 Å². The molecule has 0 saturated heterocycles. The quantitative estimate of drug-likeness (QED) is 0.584. The first-order valence-electron chi connectivity index (χ1n) is 4.11. The van der Waals surface area contributed by atoms with Crippen LogP contribution in [0.4, 0.5) is 4.79 Å². The van der Waals surface area contributed by atoms with Crippen LogP contribution in [-0.4, -0.2) is 18.0 Å². The third-order valence-corrected chi connectivity index (χ3v) is 1.75. The van der Waals surface area contributed by atoms with Gasteiger partial charge >= 0.3 is 6.03 Å². The van der Waals surface area contributed by atoms with Gasteiger partial charge in [0.2, 0.25) is 0 Å². The van der Waals surface area contributed by atoms with E-state index in [-0.39, 0.29) is 0 Å². The first-order chi connectivity index (χ1) is 6.74. The molecule has 0 heterocycles. The van der Waals surface area contributed by atoms with E-state index in [2.05, 4.69) is 5.29 Å². The van der Waals surface area contributed by atoms with Gasteiger partial charge in [0.05, 0.1) is 5.29 Å². The van der Waals surface area contributed by atoms with Gasteiger partial charge in [-0.25, -0.2) is 4.79 Å². The molecular weight excluding hydrogens is 182 g/mol. The second-order valence-electron chi connectivity index (χ2n) is 2.85. The van der Waals surface area contributed by atoms with Crippen LogP contribution in [0.15, 0.2) is 35.6 Å². The molecule has 14 heavy (non-hydrogen) atoms. The zero-order valence-corrected chi connectivity index (χ0v) is 7.80. The van der Waals surface area contributed by atoms with Gasteiger partial charge in [0.15, 0.2) is 0 Å². The largest absolute Gasteiger partial charge is 0.340 e. The molecule has 5 heteroatoms. The number of rotatable bonds is 3. The average Bonchev–Trinajstić information content (AvgIpc) is 2.19. The van der Waals surface area contributed by atoms with Gasteiger partial charge in [0.25, 0.3) is 0 Å². The zero-order valence-electron chi connectivity index (χ0n) is 7.80. The highest BCUT2D eigenvalue weighted by atomic mass is 16.3. The Morgan fingerprint density at radius 2 is 2.07 bits per heavy atom. The summed E-state index contributed by atoms with van der Waals surface area (Å²) >= 11 is 0. The fraction of sp³-hybridized carbons (Fsp3) is 0.222. The molecule has 2 amide bonds. The van der Waals surface area contributed by atoms with E-state index in [1.165, 1.54) is 4.90 Å². The van der Waals surface area contributed by atoms with Crippen LogP contribution < -0.4 is 5.43 Å². The van der Waals surface area contributed by atoms with Crippen LogP contribution in [0.1, 0.15) is 5.56 Å². The van der Waals surface area contributed by atoms with Gasteiger partial charge in [-0.05, 0) is 5.56 Å². The van der Waals surface area contributed by atoms with Crippen molar-refractivity contribution in [3.05, 3.63) is 40.8 Å². The molecule has 5 nitrogen and oxygen atoms in total. The van der Waals surface area contributed by atoms with E-state index in [1.54, 1.807) is 7.05 Å². The molecule has 0 radical (unpaired) electrons. The van der Waals surface area contributed by atoms with Crippen molar-refractivity contribution in [2.24, 2.45) is 5.29 Å². The van der Waals surface area contributed by atoms with Crippen LogP contribution in [-0.2, 0) is 6.54 Å². The number of amides is 2. The minimum Gasteiger partial charge on any atom is -0.322 e. The molecule has 0 fully saturated rings. The van der Waals surface area contributed by atoms with Crippen molar-refractivity contribution in [1.29, 1.82) is 0 Å². The summed E-state index contributed by atoms with van der Waals surface area (Å²) in [6, 6.07) is 8.97. The van der Waals surface area contributed by atoms with Crippen LogP contribution in [0.2, 0.25) is 0 Å². The highest BCUT2D eigenvalue weighted by Gasteiger charge is 2.07. The summed E-state index contributed by atoms with van der Waals surface area (Å²) in [5.41, 5.74) is 2.82. The first kappa shape index (κ1) is 10.2. The van der Waals surface area contributed by atoms with Crippen molar-refractivity contribution in [3.63, 3.8) is 0 Å². The summed E-state index contributed by atoms with van der Waals surface area (Å²) in [5, 5.41) is 2.31. The van der Waals surface area contributed by atoms with E-state index in [4.69, 9.17) is 0 Å². The van der Waals surface area contributed by atoms with Gasteiger partial charge in [0, 0.05) is 13.6 Å². The van der Waals surface area contributed by atoms with Gasteiger partial charge in [-0.3, -0.25) is 0 Å². The lowest BCUT2D eigenvalue weighted by Crippen LogP contribution is -2.33. The molecule has 0 atom stereocenters. The maximum atomic E-state index is 11.1. The monoisotopic (exact) mass is 193 g/mol. The van der Waals surface area contributed by atoms with Crippen LogP contribution in [0, 0.1) is 4.91 Å². The number of carbonyl (C=O) groups is 1. The first-order valence-corrected chi connectivity index (χ1v) is 4.11. The Morgan fingerprint density at radius 1 is 1.43 bits per heavy atom. The van der Waals surface area contributed by atoms with E-state index in [0.717, 1.165) is 5.56 Å². The molecule has 0 aliphatic carbocycles. The minimum atomic E-state index is -0.510. The lowest BCUT2D eigenvalue weighted by molar-refractivity contribution is 0.207. The van der Waals surface area contributed by atoms with Crippen molar-refractivity contribution in [2.45, 2.75) is 6.54 Å². The summed E-state index contributed by atoms with van der Waals surface area (Å²) in [6.45, 7) is 0.447. The Labute approximate surface area is 81.7 Å². The number of carbonyl (C=O) groups excluding carboxylic acids is 1. The van der Waals surface area contributed by atoms with Crippen molar-refractivity contribution in [1.82, 2.24) is 10.3 Å². The maximum absolute atomic E-state index is 11.1. The molecule has 0 spiro atoms. The Hall–Kier alpha value is -1.91. The molecule has 1 rings (SSSR count). The Morgan fingerprint density at radius 3 is 2.64 bits per heavy atom. The molecule has 0 saturated carbocycles. The highest BCUT2D eigenvalue weighted by molar-refractivity contribution is 5.73. The van der Waals surface area contributed by atoms with Gasteiger partial charge in [-0.1, -0.05) is 30.3 Å². The summed E-state index contributed by atoms with van der Waals surface area (Å²) in [5.74, 6) is 0. The minimum absolute atomic E-state index is 0.447. The van der Waals surface area contributed by atoms with Gasteiger partial charge in [0.1, 0.15) is 0 Å². The molecule has 0 aliphatic rings. The van der Waals surface area contributed by atoms with Gasteiger partial charge < -0.3 is 4.90 Å². The Kier molecular flexibility index (Phi) is 3.60. The number of nitrogens with zero attached hydrogens (tertiary/aromatic N) is 2. The van der Waals surface area contributed by atoms with Crippen molar-refractivity contribution < 1.29 is 4.79 Å². The third-order valence-electron chi connectivity index (χ3n) is 1.75. The van der Waals surface area contributed by atoms with Crippen molar-refractivity contribution >= 4 is 6.03 Å². The zero-order chi connectivity index (χ0) is 10.4. The topological polar surface area (TPSA) is 61.8 Å². The number of nitroso groups, excluding NO2 is 1. The molecule has 0 aliphatic heterocycles. The molecule has 0 unspecified atom stereocenters. The number of hydrogen-bond acceptors (Lipinski definition) is 3. The molecule has 1 N–H and O–H groups in total. The van der Waals surface area contributed by atoms with Crippen LogP contribution in [0.5, 0.6) is 0 Å². The van der Waals surface area contributed by atoms with Crippen LogP contribution in [0.25, 0.3) is 0 Å². The lowest BCUT2D eigenvalue weighted by Gasteiger charge is -2.14. The summed E-state index contributed by atoms with van der Waals surface area (Å²) in [4.78, 5) is 22.2. The fourth-order valence-electron chi connectivity index (χ4n) is 1.05. The molecule has 0 bridgehead atoms. The summed E-state index contributed by atoms with van der Waals surface area (Å²) in [6.07, 6.45) is 0. The van der Waals surface area contributed by atoms with Gasteiger partial charge in [-0.15, -0.1) is 4.91 Å². The standard InChI is InChI=1S/C9H11N3O2/c1-12(9(13)10-11-14)7-8-5-3-2-4-6-8/h2-6H,7H2,1H3,(H,10,13,14). The van der Waals surface area contributed by atoms with E-state index in [0.29, 0.717) is 6.54 Å². The smallest absolute Gasteiger partial charge is 0.322 e. The Bertz CT molecular complexity index is 313. The average molecular weight is 193 g/mol. The second kappa shape index (κ2) is 4.96. The van der Waals surface area contributed by atoms with Crippen LogP contribution >= 0.6 is 0 Å². The second-order valence-corrected chi connectivity index (χ2v) is 2.85. The molecular formula is C9H11N3O2. The number of benzene rings is 1. The molecule has 0 aromatic heterocycles. The van der Waals surface area contributed by atoms with E-state index in [9.17, 15) is 9.70 Å². The van der Waals surface area contributed by atoms with Crippen molar-refractivity contribution in [2.75, 3.05) is 7.05 Å². The summed E-state index contributed by atoms with van der Waals surface area (Å²) < 4.78 is 0. The Balaban J connectivity index is 2.52. The van der Waals surface area contributed by atoms with Crippen LogP contribution in [0.3, 0.4) is 0 Å². The predicted molar refractivity (Wildman–Crippen MR) is 52.2 cm³/mol. The molecule has 1 aromatic carbocycles. The summed E-state index contributed by atoms with van der Waals surface area (Å²) in [7, 11) is 1.59. The molecule has 1 aromatic rings. The predicted octanol–water partition coefficient (Wildman–Crippen LogP) is 1.51. The molecule has 74 valence electrons. The number of hydrogen-bond donors (Lipinski definition) is 1. The number of nitrogens with one attached hydrogen (secondary N) is 1. The maximum Gasteiger partial charge on any atom is 0.340 e. The van der Waals surface area contributed by atoms with Crippen molar-refractivity contribution in [3.8, 4) is 0 Å².